The van der Waals surface area contributed by atoms with Gasteiger partial charge in [-0.05, 0) is 42.3 Å². The van der Waals surface area contributed by atoms with E-state index < -0.39 is 0 Å². The number of halogens is 1. The van der Waals surface area contributed by atoms with Crippen molar-refractivity contribution in [1.82, 2.24) is 4.57 Å². The molecule has 0 aliphatic carbocycles. The lowest BCUT2D eigenvalue weighted by molar-refractivity contribution is 0.517. The lowest BCUT2D eigenvalue weighted by Gasteiger charge is -2.03. The number of aryl methyl sites for hydroxylation is 1. The Labute approximate surface area is 115 Å². The third kappa shape index (κ3) is 2.29. The Morgan fingerprint density at radius 3 is 2.84 bits per heavy atom. The van der Waals surface area contributed by atoms with E-state index in [0.29, 0.717) is 17.2 Å². The van der Waals surface area contributed by atoms with E-state index in [4.69, 9.17) is 16.0 Å². The van der Waals surface area contributed by atoms with Crippen LogP contribution >= 0.6 is 11.6 Å². The van der Waals surface area contributed by atoms with Crippen LogP contribution in [0.2, 0.25) is 5.02 Å². The summed E-state index contributed by atoms with van der Waals surface area (Å²) < 4.78 is 6.87. The van der Waals surface area contributed by atoms with Crippen molar-refractivity contribution in [3.05, 3.63) is 69.2 Å². The van der Waals surface area contributed by atoms with E-state index in [0.717, 1.165) is 16.6 Å². The Balaban J connectivity index is 2.10. The van der Waals surface area contributed by atoms with Gasteiger partial charge in [0.15, 0.2) is 5.58 Å². The monoisotopic (exact) mass is 273 g/mol. The molecular weight excluding hydrogens is 262 g/mol. The second-order valence-electron chi connectivity index (χ2n) is 4.56. The van der Waals surface area contributed by atoms with Crippen molar-refractivity contribution >= 4 is 22.7 Å². The maximum atomic E-state index is 11.9. The molecule has 1 aromatic heterocycles. The molecule has 19 heavy (non-hydrogen) atoms. The van der Waals surface area contributed by atoms with Crippen molar-refractivity contribution in [3.63, 3.8) is 0 Å². The summed E-state index contributed by atoms with van der Waals surface area (Å²) in [5.41, 5.74) is 3.46. The lowest BCUT2D eigenvalue weighted by atomic mass is 10.2. The van der Waals surface area contributed by atoms with Crippen LogP contribution in [0.5, 0.6) is 0 Å². The van der Waals surface area contributed by atoms with Crippen LogP contribution in [0.15, 0.2) is 51.7 Å². The zero-order chi connectivity index (χ0) is 13.4. The van der Waals surface area contributed by atoms with Gasteiger partial charge in [0, 0.05) is 5.02 Å². The highest BCUT2D eigenvalue weighted by molar-refractivity contribution is 6.30. The summed E-state index contributed by atoms with van der Waals surface area (Å²) in [4.78, 5) is 11.9. The molecule has 0 saturated carbocycles. The maximum Gasteiger partial charge on any atom is 0.420 e. The van der Waals surface area contributed by atoms with Gasteiger partial charge in [-0.2, -0.15) is 0 Å². The smallest absolute Gasteiger partial charge is 0.408 e. The highest BCUT2D eigenvalue weighted by Crippen LogP contribution is 2.17. The van der Waals surface area contributed by atoms with Crippen LogP contribution in [0.25, 0.3) is 11.1 Å². The summed E-state index contributed by atoms with van der Waals surface area (Å²) in [5, 5.41) is 0.661. The minimum Gasteiger partial charge on any atom is -0.408 e. The van der Waals surface area contributed by atoms with Crippen LogP contribution < -0.4 is 5.76 Å². The highest BCUT2D eigenvalue weighted by atomic mass is 35.5. The average molecular weight is 274 g/mol. The van der Waals surface area contributed by atoms with Crippen LogP contribution in [0, 0.1) is 6.92 Å². The summed E-state index contributed by atoms with van der Waals surface area (Å²) in [6, 6.07) is 13.2. The van der Waals surface area contributed by atoms with E-state index in [9.17, 15) is 4.79 Å². The van der Waals surface area contributed by atoms with Gasteiger partial charge in [-0.25, -0.2) is 4.79 Å². The standard InChI is InChI=1S/C15H12ClNO2/c1-10-5-6-13-14(7-10)19-15(18)17(13)9-11-3-2-4-12(16)8-11/h2-8H,9H2,1H3. The summed E-state index contributed by atoms with van der Waals surface area (Å²) in [6.45, 7) is 2.42. The molecule has 0 fully saturated rings. The van der Waals surface area contributed by atoms with E-state index in [1.807, 2.05) is 49.4 Å². The van der Waals surface area contributed by atoms with Crippen LogP contribution in [0.4, 0.5) is 0 Å². The fourth-order valence-electron chi connectivity index (χ4n) is 2.14. The van der Waals surface area contributed by atoms with Crippen LogP contribution in [-0.2, 0) is 6.54 Å². The summed E-state index contributed by atoms with van der Waals surface area (Å²) in [7, 11) is 0. The molecule has 0 radical (unpaired) electrons. The van der Waals surface area contributed by atoms with E-state index in [-0.39, 0.29) is 5.76 Å². The fourth-order valence-corrected chi connectivity index (χ4v) is 2.35. The largest absolute Gasteiger partial charge is 0.420 e. The number of oxazole rings is 1. The molecular formula is C15H12ClNO2. The minimum atomic E-state index is -0.347. The van der Waals surface area contributed by atoms with E-state index in [1.165, 1.54) is 0 Å². The summed E-state index contributed by atoms with van der Waals surface area (Å²) >= 11 is 5.95. The first-order valence-corrected chi connectivity index (χ1v) is 6.36. The van der Waals surface area contributed by atoms with E-state index in [1.54, 1.807) is 4.57 Å². The molecule has 1 heterocycles. The van der Waals surface area contributed by atoms with Gasteiger partial charge >= 0.3 is 5.76 Å². The predicted octanol–water partition coefficient (Wildman–Crippen LogP) is 3.60. The van der Waals surface area contributed by atoms with Gasteiger partial charge in [0.05, 0.1) is 12.1 Å². The minimum absolute atomic E-state index is 0.347. The summed E-state index contributed by atoms with van der Waals surface area (Å²) in [6.07, 6.45) is 0. The van der Waals surface area contributed by atoms with Gasteiger partial charge in [-0.1, -0.05) is 29.8 Å². The molecule has 3 aromatic rings. The molecule has 0 unspecified atom stereocenters. The highest BCUT2D eigenvalue weighted by Gasteiger charge is 2.09. The Hall–Kier alpha value is -2.00. The van der Waals surface area contributed by atoms with Gasteiger partial charge in [0.25, 0.3) is 0 Å². The molecule has 3 nitrogen and oxygen atoms in total. The van der Waals surface area contributed by atoms with Gasteiger partial charge < -0.3 is 4.42 Å². The Morgan fingerprint density at radius 2 is 2.05 bits per heavy atom. The van der Waals surface area contributed by atoms with E-state index in [2.05, 4.69) is 0 Å². The number of hydrogen-bond acceptors (Lipinski definition) is 2. The van der Waals surface area contributed by atoms with Crippen molar-refractivity contribution in [3.8, 4) is 0 Å². The molecule has 0 aliphatic rings. The first kappa shape index (κ1) is 12.1. The zero-order valence-corrected chi connectivity index (χ0v) is 11.1. The number of benzene rings is 2. The second kappa shape index (κ2) is 4.59. The van der Waals surface area contributed by atoms with Crippen LogP contribution in [0.1, 0.15) is 11.1 Å². The fraction of sp³-hybridized carbons (Fsp3) is 0.133. The quantitative estimate of drug-likeness (QED) is 0.715. The van der Waals surface area contributed by atoms with Crippen LogP contribution in [-0.4, -0.2) is 4.57 Å². The Morgan fingerprint density at radius 1 is 1.21 bits per heavy atom. The molecule has 4 heteroatoms. The molecule has 2 aromatic carbocycles. The SMILES string of the molecule is Cc1ccc2c(c1)oc(=O)n2Cc1cccc(Cl)c1. The first-order valence-electron chi connectivity index (χ1n) is 5.98. The molecule has 96 valence electrons. The maximum absolute atomic E-state index is 11.9. The molecule has 0 atom stereocenters. The summed E-state index contributed by atoms with van der Waals surface area (Å²) in [5.74, 6) is -0.347. The molecule has 3 rings (SSSR count). The number of aromatic nitrogens is 1. The molecule has 0 spiro atoms. The molecule has 0 amide bonds. The number of fused-ring (bicyclic) bond motifs is 1. The second-order valence-corrected chi connectivity index (χ2v) is 4.99. The molecule has 0 bridgehead atoms. The zero-order valence-electron chi connectivity index (χ0n) is 10.4. The Kier molecular flexibility index (Phi) is 2.91. The van der Waals surface area contributed by atoms with Gasteiger partial charge in [0.2, 0.25) is 0 Å². The lowest BCUT2D eigenvalue weighted by Crippen LogP contribution is -2.14. The number of nitrogens with zero attached hydrogens (tertiary/aromatic N) is 1. The average Bonchev–Trinajstić information content (AvgIpc) is 2.65. The van der Waals surface area contributed by atoms with Crippen molar-refractivity contribution in [1.29, 1.82) is 0 Å². The molecule has 0 aliphatic heterocycles. The molecule has 0 N–H and O–H groups in total. The number of rotatable bonds is 2. The van der Waals surface area contributed by atoms with Crippen molar-refractivity contribution in [2.45, 2.75) is 13.5 Å². The predicted molar refractivity (Wildman–Crippen MR) is 75.8 cm³/mol. The van der Waals surface area contributed by atoms with Crippen molar-refractivity contribution < 1.29 is 4.42 Å². The van der Waals surface area contributed by atoms with Gasteiger partial charge in [-0.15, -0.1) is 0 Å². The van der Waals surface area contributed by atoms with Crippen molar-refractivity contribution in [2.75, 3.05) is 0 Å². The first-order chi connectivity index (χ1) is 9.13. The third-order valence-corrected chi connectivity index (χ3v) is 3.29. The molecule has 0 saturated heterocycles. The normalized spacial score (nSPS) is 11.1. The van der Waals surface area contributed by atoms with Crippen LogP contribution in [0.3, 0.4) is 0 Å². The Bertz CT molecular complexity index is 801. The van der Waals surface area contributed by atoms with Gasteiger partial charge in [-0.3, -0.25) is 4.57 Å². The topological polar surface area (TPSA) is 35.1 Å². The number of hydrogen-bond donors (Lipinski definition) is 0. The van der Waals surface area contributed by atoms with Crippen molar-refractivity contribution in [2.24, 2.45) is 0 Å². The van der Waals surface area contributed by atoms with E-state index >= 15 is 0 Å². The third-order valence-electron chi connectivity index (χ3n) is 3.05. The van der Waals surface area contributed by atoms with Gasteiger partial charge in [0.1, 0.15) is 0 Å².